The monoisotopic (exact) mass is 576 g/mol. The summed E-state index contributed by atoms with van der Waals surface area (Å²) >= 11 is 0. The summed E-state index contributed by atoms with van der Waals surface area (Å²) < 4.78 is 0. The number of rotatable bonds is 8. The van der Waals surface area contributed by atoms with E-state index in [1.807, 2.05) is 0 Å². The molecule has 0 aliphatic heterocycles. The number of carboxylic acids is 8. The second-order valence-electron chi connectivity index (χ2n) is 4.34. The van der Waals surface area contributed by atoms with E-state index in [0.29, 0.717) is 0 Å². The molecule has 0 saturated carbocycles. The second-order valence-corrected chi connectivity index (χ2v) is 4.34. The zero-order chi connectivity index (χ0) is 34.3. The van der Waals surface area contributed by atoms with E-state index in [0.717, 1.165) is 48.6 Å². The highest BCUT2D eigenvalue weighted by molar-refractivity contribution is 5.80. The average Bonchev–Trinajstić information content (AvgIpc) is 2.90. The van der Waals surface area contributed by atoms with Gasteiger partial charge in [0.05, 0.1) is 0 Å². The molecule has 0 aromatic rings. The van der Waals surface area contributed by atoms with E-state index < -0.39 is 47.8 Å². The van der Waals surface area contributed by atoms with Crippen molar-refractivity contribution < 1.29 is 79.2 Å². The van der Waals surface area contributed by atoms with Crippen molar-refractivity contribution in [3.05, 3.63) is 101 Å². The molecule has 0 fully saturated rings. The van der Waals surface area contributed by atoms with Gasteiger partial charge in [0.25, 0.3) is 0 Å². The Hall–Kier alpha value is -6.32. The molecule has 0 atom stereocenters. The van der Waals surface area contributed by atoms with Gasteiger partial charge in [-0.25, -0.2) is 38.4 Å². The van der Waals surface area contributed by atoms with Crippen molar-refractivity contribution in [2.75, 3.05) is 0 Å². The maximum atomic E-state index is 9.25. The van der Waals surface area contributed by atoms with Gasteiger partial charge in [-0.2, -0.15) is 0 Å². The molecular weight excluding hydrogens is 544 g/mol. The molecule has 0 bridgehead atoms. The van der Waals surface area contributed by atoms with Crippen LogP contribution in [0.25, 0.3) is 0 Å². The van der Waals surface area contributed by atoms with Gasteiger partial charge >= 0.3 is 47.8 Å². The van der Waals surface area contributed by atoms with Crippen LogP contribution in [-0.4, -0.2) is 88.6 Å². The van der Waals surface area contributed by atoms with E-state index in [2.05, 4.69) is 52.6 Å². The minimum absolute atomic E-state index is 0.833. The molecule has 0 saturated heterocycles. The Kier molecular flexibility index (Phi) is 67.8. The van der Waals surface area contributed by atoms with Crippen LogP contribution in [0, 0.1) is 0 Å². The molecule has 0 rings (SSSR count). The summed E-state index contributed by atoms with van der Waals surface area (Å²) in [4.78, 5) is 74.0. The van der Waals surface area contributed by atoms with Crippen LogP contribution < -0.4 is 0 Å². The third kappa shape index (κ3) is 318. The van der Waals surface area contributed by atoms with Crippen molar-refractivity contribution >= 4 is 47.8 Å². The SMILES string of the molecule is C=CC(=O)O.C=CC(=O)O.C=CC(=O)O.C=CC(=O)O.C=CC(=O)O.C=CC(=O)O.C=CC(=O)O.C=CC(=O)O. The van der Waals surface area contributed by atoms with Gasteiger partial charge in [0.2, 0.25) is 0 Å². The maximum absolute atomic E-state index is 9.25. The van der Waals surface area contributed by atoms with Crippen LogP contribution in [-0.2, 0) is 38.4 Å². The van der Waals surface area contributed by atoms with Gasteiger partial charge in [0.1, 0.15) is 0 Å². The molecule has 0 heterocycles. The minimum Gasteiger partial charge on any atom is -0.478 e. The molecule has 0 aliphatic rings. The highest BCUT2D eigenvalue weighted by Gasteiger charge is 1.76. The lowest BCUT2D eigenvalue weighted by atomic mass is 10.7. The van der Waals surface area contributed by atoms with Crippen LogP contribution in [0.15, 0.2) is 101 Å². The molecule has 0 radical (unpaired) electrons. The summed E-state index contributed by atoms with van der Waals surface area (Å²) in [6, 6.07) is 0. The second kappa shape index (κ2) is 49.7. The van der Waals surface area contributed by atoms with E-state index in [4.69, 9.17) is 40.9 Å². The molecule has 0 unspecified atom stereocenters. The summed E-state index contributed by atoms with van der Waals surface area (Å²) in [5.41, 5.74) is 0. The van der Waals surface area contributed by atoms with Crippen molar-refractivity contribution in [2.24, 2.45) is 0 Å². The first-order valence-electron chi connectivity index (χ1n) is 9.00. The quantitative estimate of drug-likeness (QED) is 0.192. The van der Waals surface area contributed by atoms with Crippen molar-refractivity contribution in [2.45, 2.75) is 0 Å². The standard InChI is InChI=1S/8C3H4O2/c8*1-2-3(4)5/h8*2H,1H2,(H,4,5). The maximum Gasteiger partial charge on any atom is 0.327 e. The Balaban J connectivity index is -0.0000000488. The van der Waals surface area contributed by atoms with Gasteiger partial charge in [0.15, 0.2) is 0 Å². The summed E-state index contributed by atoms with van der Waals surface area (Å²) in [6.07, 6.45) is 6.67. The van der Waals surface area contributed by atoms with Gasteiger partial charge < -0.3 is 40.9 Å². The molecule has 0 amide bonds. The zero-order valence-electron chi connectivity index (χ0n) is 21.1. The Labute approximate surface area is 228 Å². The Morgan fingerprint density at radius 3 is 0.275 bits per heavy atom. The zero-order valence-corrected chi connectivity index (χ0v) is 21.1. The number of hydrogen-bond acceptors (Lipinski definition) is 8. The molecule has 40 heavy (non-hydrogen) atoms. The van der Waals surface area contributed by atoms with Crippen LogP contribution in [0.5, 0.6) is 0 Å². The molecule has 0 aromatic heterocycles. The fourth-order valence-electron chi connectivity index (χ4n) is 0. The smallest absolute Gasteiger partial charge is 0.327 e. The molecular formula is C24H32O16. The Morgan fingerprint density at radius 2 is 0.275 bits per heavy atom. The van der Waals surface area contributed by atoms with Crippen LogP contribution >= 0.6 is 0 Å². The molecule has 16 heteroatoms. The largest absolute Gasteiger partial charge is 0.478 e. The topological polar surface area (TPSA) is 298 Å². The normalized spacial score (nSPS) is 6.40. The van der Waals surface area contributed by atoms with Gasteiger partial charge in [-0.3, -0.25) is 0 Å². The van der Waals surface area contributed by atoms with Crippen LogP contribution in [0.4, 0.5) is 0 Å². The van der Waals surface area contributed by atoms with Crippen molar-refractivity contribution in [1.29, 1.82) is 0 Å². The minimum atomic E-state index is -0.981. The first-order chi connectivity index (χ1) is 18.2. The first kappa shape index (κ1) is 54.5. The highest BCUT2D eigenvalue weighted by Crippen LogP contribution is 1.57. The number of carbonyl (C=O) groups is 8. The lowest BCUT2D eigenvalue weighted by Gasteiger charge is -1.64. The van der Waals surface area contributed by atoms with Crippen LogP contribution in [0.1, 0.15) is 0 Å². The van der Waals surface area contributed by atoms with Crippen molar-refractivity contribution in [3.8, 4) is 0 Å². The van der Waals surface area contributed by atoms with E-state index in [1.54, 1.807) is 0 Å². The summed E-state index contributed by atoms with van der Waals surface area (Å²) in [6.45, 7) is 23.7. The van der Waals surface area contributed by atoms with Crippen LogP contribution in [0.3, 0.4) is 0 Å². The third-order valence-corrected chi connectivity index (χ3v) is 1.40. The molecule has 0 aromatic carbocycles. The van der Waals surface area contributed by atoms with Crippen LogP contribution in [0.2, 0.25) is 0 Å². The Bertz CT molecular complexity index is 663. The predicted molar refractivity (Wildman–Crippen MR) is 143 cm³/mol. The van der Waals surface area contributed by atoms with Gasteiger partial charge in [0, 0.05) is 48.6 Å². The van der Waals surface area contributed by atoms with Gasteiger partial charge in [-0.1, -0.05) is 52.6 Å². The lowest BCUT2D eigenvalue weighted by Crippen LogP contribution is -1.82. The fraction of sp³-hybridized carbons (Fsp3) is 0. The highest BCUT2D eigenvalue weighted by atomic mass is 16.4. The first-order valence-corrected chi connectivity index (χ1v) is 9.00. The van der Waals surface area contributed by atoms with Crippen molar-refractivity contribution in [1.82, 2.24) is 0 Å². The van der Waals surface area contributed by atoms with E-state index in [1.165, 1.54) is 0 Å². The summed E-state index contributed by atoms with van der Waals surface area (Å²) in [5, 5.41) is 60.8. The summed E-state index contributed by atoms with van der Waals surface area (Å²) in [5.74, 6) is -7.85. The van der Waals surface area contributed by atoms with E-state index in [-0.39, 0.29) is 0 Å². The fourth-order valence-corrected chi connectivity index (χ4v) is 0. The molecule has 16 nitrogen and oxygen atoms in total. The molecule has 224 valence electrons. The van der Waals surface area contributed by atoms with E-state index in [9.17, 15) is 38.4 Å². The average molecular weight is 577 g/mol. The summed E-state index contributed by atoms with van der Waals surface area (Å²) in [7, 11) is 0. The number of aliphatic carboxylic acids is 8. The lowest BCUT2D eigenvalue weighted by molar-refractivity contribution is -0.132. The molecule has 8 N–H and O–H groups in total. The van der Waals surface area contributed by atoms with E-state index >= 15 is 0 Å². The van der Waals surface area contributed by atoms with Gasteiger partial charge in [-0.05, 0) is 0 Å². The van der Waals surface area contributed by atoms with Gasteiger partial charge in [-0.15, -0.1) is 0 Å². The Morgan fingerprint density at radius 1 is 0.250 bits per heavy atom. The molecule has 0 spiro atoms. The predicted octanol–water partition coefficient (Wildman–Crippen LogP) is 2.06. The van der Waals surface area contributed by atoms with Crippen molar-refractivity contribution in [3.63, 3.8) is 0 Å². The number of hydrogen-bond donors (Lipinski definition) is 8. The number of carboxylic acid groups (broad SMARTS) is 8. The molecule has 0 aliphatic carbocycles. The third-order valence-electron chi connectivity index (χ3n) is 1.40.